The molecule has 1 heterocycles. The summed E-state index contributed by atoms with van der Waals surface area (Å²) >= 11 is 5.79. The average molecular weight is 219 g/mol. The standard InChI is InChI=1S/C8H7ClN2O.ClH/c9-5-1-2-8-6(3-5)7(4-10)11-12-8;/h1-3H,4,10H2;1H. The summed E-state index contributed by atoms with van der Waals surface area (Å²) in [5.41, 5.74) is 6.91. The molecule has 0 bridgehead atoms. The number of rotatable bonds is 1. The van der Waals surface area contributed by atoms with Gasteiger partial charge < -0.3 is 10.3 Å². The highest BCUT2D eigenvalue weighted by atomic mass is 35.5. The second-order valence-corrected chi connectivity index (χ2v) is 2.91. The van der Waals surface area contributed by atoms with Crippen LogP contribution in [0.4, 0.5) is 0 Å². The van der Waals surface area contributed by atoms with Crippen LogP contribution >= 0.6 is 24.0 Å². The Bertz CT molecular complexity index is 413. The maximum Gasteiger partial charge on any atom is 0.167 e. The second kappa shape index (κ2) is 3.96. The molecular weight excluding hydrogens is 211 g/mol. The van der Waals surface area contributed by atoms with Crippen molar-refractivity contribution in [2.75, 3.05) is 0 Å². The summed E-state index contributed by atoms with van der Waals surface area (Å²) in [7, 11) is 0. The van der Waals surface area contributed by atoms with E-state index in [0.29, 0.717) is 11.6 Å². The lowest BCUT2D eigenvalue weighted by Crippen LogP contribution is -1.96. The quantitative estimate of drug-likeness (QED) is 0.800. The smallest absolute Gasteiger partial charge is 0.167 e. The molecular formula is C8H8Cl2N2O. The molecule has 0 spiro atoms. The number of fused-ring (bicyclic) bond motifs is 1. The van der Waals surface area contributed by atoms with Crippen molar-refractivity contribution in [1.29, 1.82) is 0 Å². The first kappa shape index (κ1) is 10.3. The van der Waals surface area contributed by atoms with Gasteiger partial charge in [-0.2, -0.15) is 0 Å². The van der Waals surface area contributed by atoms with Gasteiger partial charge in [0, 0.05) is 17.0 Å². The van der Waals surface area contributed by atoms with Gasteiger partial charge in [-0.1, -0.05) is 16.8 Å². The Kier molecular flexibility index (Phi) is 3.14. The maximum atomic E-state index is 5.79. The van der Waals surface area contributed by atoms with Crippen molar-refractivity contribution in [3.05, 3.63) is 28.9 Å². The van der Waals surface area contributed by atoms with Gasteiger partial charge in [-0.3, -0.25) is 0 Å². The molecule has 70 valence electrons. The zero-order valence-corrected chi connectivity index (χ0v) is 8.23. The van der Waals surface area contributed by atoms with Crippen LogP contribution in [0.5, 0.6) is 0 Å². The minimum absolute atomic E-state index is 0. The Morgan fingerprint density at radius 2 is 2.23 bits per heavy atom. The fourth-order valence-corrected chi connectivity index (χ4v) is 1.28. The Morgan fingerprint density at radius 1 is 1.46 bits per heavy atom. The number of halogens is 2. The van der Waals surface area contributed by atoms with E-state index < -0.39 is 0 Å². The monoisotopic (exact) mass is 218 g/mol. The van der Waals surface area contributed by atoms with Gasteiger partial charge in [-0.15, -0.1) is 12.4 Å². The van der Waals surface area contributed by atoms with Crippen LogP contribution < -0.4 is 5.73 Å². The summed E-state index contributed by atoms with van der Waals surface area (Å²) < 4.78 is 5.01. The van der Waals surface area contributed by atoms with Gasteiger partial charge in [-0.05, 0) is 18.2 Å². The highest BCUT2D eigenvalue weighted by Gasteiger charge is 2.05. The summed E-state index contributed by atoms with van der Waals surface area (Å²) in [4.78, 5) is 0. The van der Waals surface area contributed by atoms with E-state index in [1.807, 2.05) is 0 Å². The van der Waals surface area contributed by atoms with Crippen molar-refractivity contribution in [3.8, 4) is 0 Å². The first-order valence-corrected chi connectivity index (χ1v) is 3.93. The molecule has 0 atom stereocenters. The highest BCUT2D eigenvalue weighted by molar-refractivity contribution is 6.31. The van der Waals surface area contributed by atoms with Crippen molar-refractivity contribution in [2.24, 2.45) is 5.73 Å². The molecule has 0 amide bonds. The number of hydrogen-bond donors (Lipinski definition) is 1. The first-order chi connectivity index (χ1) is 5.81. The molecule has 1 aromatic heterocycles. The lowest BCUT2D eigenvalue weighted by Gasteiger charge is -1.89. The summed E-state index contributed by atoms with van der Waals surface area (Å²) in [6.45, 7) is 0.368. The molecule has 13 heavy (non-hydrogen) atoms. The van der Waals surface area contributed by atoms with Crippen molar-refractivity contribution in [3.63, 3.8) is 0 Å². The molecule has 2 rings (SSSR count). The molecule has 2 aromatic rings. The number of nitrogens with two attached hydrogens (primary N) is 1. The maximum absolute atomic E-state index is 5.79. The number of hydrogen-bond acceptors (Lipinski definition) is 3. The van der Waals surface area contributed by atoms with E-state index in [2.05, 4.69) is 5.16 Å². The molecule has 0 saturated carbocycles. The van der Waals surface area contributed by atoms with Crippen molar-refractivity contribution < 1.29 is 4.52 Å². The highest BCUT2D eigenvalue weighted by Crippen LogP contribution is 2.21. The summed E-state index contributed by atoms with van der Waals surface area (Å²) in [5.74, 6) is 0. The molecule has 0 unspecified atom stereocenters. The molecule has 0 radical (unpaired) electrons. The summed E-state index contributed by atoms with van der Waals surface area (Å²) in [6, 6.07) is 5.34. The van der Waals surface area contributed by atoms with Gasteiger partial charge in [0.1, 0.15) is 5.69 Å². The summed E-state index contributed by atoms with van der Waals surface area (Å²) in [6.07, 6.45) is 0. The van der Waals surface area contributed by atoms with Gasteiger partial charge >= 0.3 is 0 Å². The third-order valence-corrected chi connectivity index (χ3v) is 1.94. The second-order valence-electron chi connectivity index (χ2n) is 2.47. The Labute approximate surface area is 86.2 Å². The van der Waals surface area contributed by atoms with Crippen molar-refractivity contribution in [2.45, 2.75) is 6.54 Å². The van der Waals surface area contributed by atoms with Crippen LogP contribution in [-0.2, 0) is 6.54 Å². The largest absolute Gasteiger partial charge is 0.356 e. The van der Waals surface area contributed by atoms with Crippen LogP contribution in [0.2, 0.25) is 5.02 Å². The fourth-order valence-electron chi connectivity index (χ4n) is 1.11. The lowest BCUT2D eigenvalue weighted by atomic mass is 10.2. The Balaban J connectivity index is 0.000000845. The van der Waals surface area contributed by atoms with Crippen LogP contribution in [0.1, 0.15) is 5.69 Å². The number of aromatic nitrogens is 1. The van der Waals surface area contributed by atoms with Gasteiger partial charge in [0.25, 0.3) is 0 Å². The minimum Gasteiger partial charge on any atom is -0.356 e. The predicted molar refractivity (Wildman–Crippen MR) is 54.2 cm³/mol. The molecule has 0 aliphatic rings. The van der Waals surface area contributed by atoms with Gasteiger partial charge in [-0.25, -0.2) is 0 Å². The normalized spacial score (nSPS) is 10.0. The Morgan fingerprint density at radius 3 is 2.92 bits per heavy atom. The van der Waals surface area contributed by atoms with Crippen molar-refractivity contribution in [1.82, 2.24) is 5.16 Å². The van der Waals surface area contributed by atoms with Crippen molar-refractivity contribution >= 4 is 35.0 Å². The number of benzene rings is 1. The molecule has 0 aliphatic heterocycles. The topological polar surface area (TPSA) is 52.0 Å². The van der Waals surface area contributed by atoms with E-state index in [4.69, 9.17) is 21.9 Å². The summed E-state index contributed by atoms with van der Waals surface area (Å²) in [5, 5.41) is 5.36. The molecule has 3 nitrogen and oxygen atoms in total. The molecule has 2 N–H and O–H groups in total. The predicted octanol–water partition coefficient (Wildman–Crippen LogP) is 2.36. The van der Waals surface area contributed by atoms with E-state index in [9.17, 15) is 0 Å². The van der Waals surface area contributed by atoms with E-state index >= 15 is 0 Å². The third-order valence-electron chi connectivity index (χ3n) is 1.70. The zero-order chi connectivity index (χ0) is 8.55. The Hall–Kier alpha value is -0.770. The third kappa shape index (κ3) is 1.77. The molecule has 5 heteroatoms. The van der Waals surface area contributed by atoms with Crippen LogP contribution in [0.25, 0.3) is 11.0 Å². The molecule has 0 aliphatic carbocycles. The van der Waals surface area contributed by atoms with E-state index in [-0.39, 0.29) is 12.4 Å². The van der Waals surface area contributed by atoms with Crippen LogP contribution in [0.15, 0.2) is 22.7 Å². The molecule has 1 aromatic carbocycles. The van der Waals surface area contributed by atoms with Crippen LogP contribution in [-0.4, -0.2) is 5.16 Å². The molecule has 0 fully saturated rings. The molecule has 0 saturated heterocycles. The van der Waals surface area contributed by atoms with Gasteiger partial charge in [0.05, 0.1) is 0 Å². The van der Waals surface area contributed by atoms with Gasteiger partial charge in [0.2, 0.25) is 0 Å². The van der Waals surface area contributed by atoms with Crippen LogP contribution in [0.3, 0.4) is 0 Å². The SMILES string of the molecule is Cl.NCc1noc2ccc(Cl)cc12. The van der Waals surface area contributed by atoms with Crippen LogP contribution in [0, 0.1) is 0 Å². The zero-order valence-electron chi connectivity index (χ0n) is 6.66. The van der Waals surface area contributed by atoms with E-state index in [0.717, 1.165) is 16.7 Å². The first-order valence-electron chi connectivity index (χ1n) is 3.55. The lowest BCUT2D eigenvalue weighted by molar-refractivity contribution is 0.446. The van der Waals surface area contributed by atoms with E-state index in [1.54, 1.807) is 18.2 Å². The van der Waals surface area contributed by atoms with Gasteiger partial charge in [0.15, 0.2) is 5.58 Å². The fraction of sp³-hybridized carbons (Fsp3) is 0.125. The van der Waals surface area contributed by atoms with E-state index in [1.165, 1.54) is 0 Å². The number of nitrogens with zero attached hydrogens (tertiary/aromatic N) is 1. The average Bonchev–Trinajstić information content (AvgIpc) is 2.46. The minimum atomic E-state index is 0.